The Bertz CT molecular complexity index is 3170. The van der Waals surface area contributed by atoms with Crippen molar-refractivity contribution in [2.24, 2.45) is 0 Å². The zero-order valence-corrected chi connectivity index (χ0v) is 33.2. The highest BCUT2D eigenvalue weighted by Gasteiger charge is 2.18. The minimum absolute atomic E-state index is 0.876. The van der Waals surface area contributed by atoms with Crippen molar-refractivity contribution in [3.63, 3.8) is 0 Å². The highest BCUT2D eigenvalue weighted by Crippen LogP contribution is 2.42. The summed E-state index contributed by atoms with van der Waals surface area (Å²) in [6, 6.07) is 77.0. The molecule has 0 unspecified atom stereocenters. The van der Waals surface area contributed by atoms with E-state index in [0.717, 1.165) is 111 Å². The molecule has 8 aromatic carbocycles. The van der Waals surface area contributed by atoms with Gasteiger partial charge in [0.1, 0.15) is 11.2 Å². The van der Waals surface area contributed by atoms with E-state index in [9.17, 15) is 0 Å². The molecule has 0 bridgehead atoms. The van der Waals surface area contributed by atoms with Crippen LogP contribution in [0.4, 0.5) is 0 Å². The number of hydrogen-bond donors (Lipinski definition) is 0. The maximum absolute atomic E-state index is 6.94. The molecule has 11 aromatic rings. The fourth-order valence-electron chi connectivity index (χ4n) is 8.45. The summed E-state index contributed by atoms with van der Waals surface area (Å²) in [5.41, 5.74) is 19.1. The van der Waals surface area contributed by atoms with E-state index >= 15 is 0 Å². The Labute approximate surface area is 354 Å². The first-order valence-corrected chi connectivity index (χ1v) is 20.6. The fourth-order valence-corrected chi connectivity index (χ4v) is 8.45. The summed E-state index contributed by atoms with van der Waals surface area (Å²) in [6.45, 7) is 0. The molecule has 0 N–H and O–H groups in total. The summed E-state index contributed by atoms with van der Waals surface area (Å²) in [4.78, 5) is 9.69. The summed E-state index contributed by atoms with van der Waals surface area (Å²) < 4.78 is 6.94. The summed E-state index contributed by atoms with van der Waals surface area (Å²) in [5, 5.41) is 2.20. The van der Waals surface area contributed by atoms with Gasteiger partial charge in [0.25, 0.3) is 0 Å². The highest BCUT2D eigenvalue weighted by atomic mass is 16.3. The quantitative estimate of drug-likeness (QED) is 0.154. The largest absolute Gasteiger partial charge is 0.455 e. The second-order valence-corrected chi connectivity index (χ2v) is 15.4. The molecule has 3 nitrogen and oxygen atoms in total. The van der Waals surface area contributed by atoms with Gasteiger partial charge in [-0.15, -0.1) is 0 Å². The van der Waals surface area contributed by atoms with Crippen molar-refractivity contribution >= 4 is 21.9 Å². The minimum Gasteiger partial charge on any atom is -0.455 e. The number of para-hydroxylation sites is 2. The molecule has 0 fully saturated rings. The lowest BCUT2D eigenvalue weighted by Crippen LogP contribution is -1.89. The molecule has 0 spiro atoms. The number of rotatable bonds is 8. The van der Waals surface area contributed by atoms with Crippen LogP contribution in [0, 0.1) is 0 Å². The van der Waals surface area contributed by atoms with Gasteiger partial charge in [-0.2, -0.15) is 0 Å². The molecule has 0 aliphatic rings. The smallest absolute Gasteiger partial charge is 0.143 e. The second-order valence-electron chi connectivity index (χ2n) is 15.4. The number of furan rings is 1. The molecule has 3 heteroatoms. The molecule has 0 aliphatic carbocycles. The van der Waals surface area contributed by atoms with Gasteiger partial charge in [0.05, 0.1) is 11.4 Å². The zero-order chi connectivity index (χ0) is 40.5. The topological polar surface area (TPSA) is 38.9 Å². The van der Waals surface area contributed by atoms with Crippen LogP contribution < -0.4 is 0 Å². The number of fused-ring (bicyclic) bond motifs is 3. The third-order valence-electron chi connectivity index (χ3n) is 11.6. The average molecular weight is 779 g/mol. The third-order valence-corrected chi connectivity index (χ3v) is 11.6. The van der Waals surface area contributed by atoms with Gasteiger partial charge >= 0.3 is 0 Å². The van der Waals surface area contributed by atoms with Crippen molar-refractivity contribution in [2.75, 3.05) is 0 Å². The maximum Gasteiger partial charge on any atom is 0.143 e. The van der Waals surface area contributed by atoms with Crippen molar-refractivity contribution in [2.45, 2.75) is 0 Å². The van der Waals surface area contributed by atoms with Gasteiger partial charge in [-0.3, -0.25) is 9.97 Å². The molecular formula is C58H38N2O. The lowest BCUT2D eigenvalue weighted by Gasteiger charge is -2.14. The predicted molar refractivity (Wildman–Crippen MR) is 253 cm³/mol. The Kier molecular flexibility index (Phi) is 9.18. The number of benzene rings is 8. The summed E-state index contributed by atoms with van der Waals surface area (Å²) >= 11 is 0. The second kappa shape index (κ2) is 15.6. The minimum atomic E-state index is 0.876. The van der Waals surface area contributed by atoms with Gasteiger partial charge in [-0.1, -0.05) is 176 Å². The maximum atomic E-state index is 6.94. The van der Waals surface area contributed by atoms with Gasteiger partial charge in [-0.25, -0.2) is 0 Å². The van der Waals surface area contributed by atoms with Crippen LogP contribution in [0.3, 0.4) is 0 Å². The Morgan fingerprint density at radius 2 is 0.607 bits per heavy atom. The van der Waals surface area contributed by atoms with Crippen LogP contribution in [0.2, 0.25) is 0 Å². The normalized spacial score (nSPS) is 11.3. The summed E-state index contributed by atoms with van der Waals surface area (Å²) in [7, 11) is 0. The molecule has 0 saturated carbocycles. The molecule has 0 radical (unpaired) electrons. The summed E-state index contributed by atoms with van der Waals surface area (Å²) in [6.07, 6.45) is 3.95. The van der Waals surface area contributed by atoms with E-state index in [0.29, 0.717) is 0 Å². The van der Waals surface area contributed by atoms with Crippen LogP contribution in [0.25, 0.3) is 111 Å². The average Bonchev–Trinajstić information content (AvgIpc) is 3.74. The summed E-state index contributed by atoms with van der Waals surface area (Å²) in [5.74, 6) is 0. The van der Waals surface area contributed by atoms with E-state index in [1.165, 1.54) is 0 Å². The van der Waals surface area contributed by atoms with Gasteiger partial charge in [0, 0.05) is 56.5 Å². The van der Waals surface area contributed by atoms with Crippen LogP contribution in [-0.2, 0) is 0 Å². The van der Waals surface area contributed by atoms with Gasteiger partial charge < -0.3 is 4.42 Å². The molecular weight excluding hydrogens is 741 g/mol. The van der Waals surface area contributed by atoms with E-state index in [2.05, 4.69) is 176 Å². The zero-order valence-electron chi connectivity index (χ0n) is 33.2. The number of nitrogens with zero attached hydrogens (tertiary/aromatic N) is 2. The Hall–Kier alpha value is -8.14. The van der Waals surface area contributed by atoms with Crippen LogP contribution in [0.1, 0.15) is 0 Å². The molecule has 0 atom stereocenters. The van der Waals surface area contributed by atoms with Crippen molar-refractivity contribution in [1.82, 2.24) is 9.97 Å². The van der Waals surface area contributed by atoms with E-state index < -0.39 is 0 Å². The van der Waals surface area contributed by atoms with Crippen LogP contribution in [0.15, 0.2) is 235 Å². The Balaban J connectivity index is 1.04. The highest BCUT2D eigenvalue weighted by molar-refractivity contribution is 6.13. The van der Waals surface area contributed by atoms with Crippen LogP contribution >= 0.6 is 0 Å². The van der Waals surface area contributed by atoms with Crippen molar-refractivity contribution in [3.05, 3.63) is 231 Å². The monoisotopic (exact) mass is 778 g/mol. The number of pyridine rings is 2. The first-order valence-electron chi connectivity index (χ1n) is 20.6. The predicted octanol–water partition coefficient (Wildman–Crippen LogP) is 15.7. The molecule has 0 amide bonds. The van der Waals surface area contributed by atoms with Gasteiger partial charge in [0.2, 0.25) is 0 Å². The molecule has 0 aliphatic heterocycles. The Morgan fingerprint density at radius 3 is 1.05 bits per heavy atom. The number of aromatic nitrogens is 2. The molecule has 61 heavy (non-hydrogen) atoms. The lowest BCUT2D eigenvalue weighted by molar-refractivity contribution is 0.671. The SMILES string of the molecule is c1ccc(-c2ccc(-c3cccc(-c4cc(-c5cccc(-c6ccc(-c7ccccc7)nc6)c5)cc(-c5cccc6c5oc5c(-c7ccccc7)cccc56)c4)c3)cn2)cc1. The van der Waals surface area contributed by atoms with Crippen molar-refractivity contribution in [1.29, 1.82) is 0 Å². The van der Waals surface area contributed by atoms with Crippen LogP contribution in [-0.4, -0.2) is 9.97 Å². The molecule has 11 rings (SSSR count). The van der Waals surface area contributed by atoms with E-state index in [4.69, 9.17) is 14.4 Å². The van der Waals surface area contributed by atoms with E-state index in [1.54, 1.807) is 0 Å². The molecule has 3 heterocycles. The lowest BCUT2D eigenvalue weighted by atomic mass is 9.91. The van der Waals surface area contributed by atoms with Crippen molar-refractivity contribution in [3.8, 4) is 89.3 Å². The number of hydrogen-bond acceptors (Lipinski definition) is 3. The molecule has 3 aromatic heterocycles. The van der Waals surface area contributed by atoms with Crippen molar-refractivity contribution < 1.29 is 4.42 Å². The first kappa shape index (κ1) is 36.0. The molecule has 0 saturated heterocycles. The first-order chi connectivity index (χ1) is 30.2. The third kappa shape index (κ3) is 6.98. The van der Waals surface area contributed by atoms with E-state index in [-0.39, 0.29) is 0 Å². The van der Waals surface area contributed by atoms with Crippen LogP contribution in [0.5, 0.6) is 0 Å². The standard InChI is InChI=1S/C58H38N2O/c1-4-14-39(15-5-1)51-24-12-26-53-54-27-13-25-52(58(54)61-57(51)53)50-35-48(44-22-10-20-42(32-44)46-28-30-55(59-37-46)40-16-6-2-7-17-40)34-49(36-50)45-23-11-21-43(33-45)47-29-31-56(60-38-47)41-18-8-3-9-19-41/h1-38H. The Morgan fingerprint density at radius 1 is 0.246 bits per heavy atom. The van der Waals surface area contributed by atoms with Gasteiger partial charge in [-0.05, 0) is 87.0 Å². The fraction of sp³-hybridized carbons (Fsp3) is 0. The van der Waals surface area contributed by atoms with Gasteiger partial charge in [0.15, 0.2) is 0 Å². The van der Waals surface area contributed by atoms with E-state index in [1.807, 2.05) is 54.9 Å². The molecule has 286 valence electrons.